The Morgan fingerprint density at radius 1 is 1.50 bits per heavy atom. The van der Waals surface area contributed by atoms with Crippen LogP contribution < -0.4 is 0 Å². The lowest BCUT2D eigenvalue weighted by Gasteiger charge is -1.93. The van der Waals surface area contributed by atoms with Crippen molar-refractivity contribution in [3.8, 4) is 0 Å². The summed E-state index contributed by atoms with van der Waals surface area (Å²) in [4.78, 5) is 20.2. The Morgan fingerprint density at radius 3 is 2.10 bits per heavy atom. The monoisotopic (exact) mass is 147 g/mol. The number of nitrogens with zero attached hydrogens (tertiary/aromatic N) is 1. The Balaban J connectivity index is 4.39. The van der Waals surface area contributed by atoms with Gasteiger partial charge in [0.25, 0.3) is 5.71 Å². The van der Waals surface area contributed by atoms with Crippen molar-refractivity contribution in [1.29, 1.82) is 0 Å². The SMILES string of the molecule is COC(=O)/C(=N/O)C(=O)O. The van der Waals surface area contributed by atoms with Crippen LogP contribution in [0.2, 0.25) is 0 Å². The molecule has 0 saturated carbocycles. The summed E-state index contributed by atoms with van der Waals surface area (Å²) in [6.45, 7) is 0. The van der Waals surface area contributed by atoms with E-state index in [0.717, 1.165) is 7.11 Å². The maximum Gasteiger partial charge on any atom is 0.367 e. The number of methoxy groups -OCH3 is 1. The number of aliphatic carboxylic acids is 1. The zero-order chi connectivity index (χ0) is 8.15. The van der Waals surface area contributed by atoms with E-state index < -0.39 is 17.7 Å². The number of carbonyl (C=O) groups is 2. The molecule has 6 heteroatoms. The molecule has 10 heavy (non-hydrogen) atoms. The maximum absolute atomic E-state index is 10.3. The summed E-state index contributed by atoms with van der Waals surface area (Å²) in [5.41, 5.74) is -1.04. The molecule has 0 radical (unpaired) electrons. The average molecular weight is 147 g/mol. The minimum absolute atomic E-state index is 0.983. The fourth-order valence-corrected chi connectivity index (χ4v) is 0.268. The van der Waals surface area contributed by atoms with Gasteiger partial charge in [0.1, 0.15) is 0 Å². The number of hydrogen-bond acceptors (Lipinski definition) is 5. The quantitative estimate of drug-likeness (QED) is 0.173. The largest absolute Gasteiger partial charge is 0.476 e. The molecule has 0 heterocycles. The average Bonchev–Trinajstić information content (AvgIpc) is 1.88. The van der Waals surface area contributed by atoms with Crippen LogP contribution >= 0.6 is 0 Å². The number of hydrogen-bond donors (Lipinski definition) is 2. The van der Waals surface area contributed by atoms with E-state index in [-0.39, 0.29) is 0 Å². The zero-order valence-corrected chi connectivity index (χ0v) is 5.07. The molecule has 0 saturated heterocycles. The van der Waals surface area contributed by atoms with Crippen LogP contribution in [0.3, 0.4) is 0 Å². The van der Waals surface area contributed by atoms with Crippen LogP contribution in [-0.2, 0) is 14.3 Å². The highest BCUT2D eigenvalue weighted by molar-refractivity contribution is 6.62. The summed E-state index contributed by atoms with van der Waals surface area (Å²) in [7, 11) is 0.983. The maximum atomic E-state index is 10.3. The highest BCUT2D eigenvalue weighted by Gasteiger charge is 2.20. The van der Waals surface area contributed by atoms with Gasteiger partial charge in [0.05, 0.1) is 7.11 Å². The summed E-state index contributed by atoms with van der Waals surface area (Å²) >= 11 is 0. The van der Waals surface area contributed by atoms with Crippen molar-refractivity contribution >= 4 is 17.7 Å². The Hall–Kier alpha value is -1.59. The first kappa shape index (κ1) is 8.41. The van der Waals surface area contributed by atoms with Gasteiger partial charge < -0.3 is 15.1 Å². The fraction of sp³-hybridized carbons (Fsp3) is 0.250. The van der Waals surface area contributed by atoms with E-state index in [4.69, 9.17) is 10.3 Å². The second-order valence-electron chi connectivity index (χ2n) is 1.25. The molecule has 0 aromatic rings. The molecular formula is C4H5NO5. The topological polar surface area (TPSA) is 96.2 Å². The molecule has 0 atom stereocenters. The number of carbonyl (C=O) groups excluding carboxylic acids is 1. The summed E-state index contributed by atoms with van der Waals surface area (Å²) in [5.74, 6) is -2.82. The van der Waals surface area contributed by atoms with Crippen LogP contribution in [-0.4, -0.2) is 35.1 Å². The van der Waals surface area contributed by atoms with Gasteiger partial charge in [0, 0.05) is 0 Å². The Bertz CT molecular complexity index is 184. The van der Waals surface area contributed by atoms with E-state index in [9.17, 15) is 9.59 Å². The molecule has 0 fully saturated rings. The van der Waals surface area contributed by atoms with E-state index in [0.29, 0.717) is 0 Å². The highest BCUT2D eigenvalue weighted by atomic mass is 16.5. The Morgan fingerprint density at radius 2 is 2.00 bits per heavy atom. The minimum Gasteiger partial charge on any atom is -0.476 e. The van der Waals surface area contributed by atoms with Gasteiger partial charge >= 0.3 is 11.9 Å². The van der Waals surface area contributed by atoms with Crippen molar-refractivity contribution in [2.45, 2.75) is 0 Å². The number of carboxylic acid groups (broad SMARTS) is 1. The summed E-state index contributed by atoms with van der Waals surface area (Å²) < 4.78 is 3.95. The van der Waals surface area contributed by atoms with Crippen molar-refractivity contribution in [2.24, 2.45) is 5.16 Å². The van der Waals surface area contributed by atoms with E-state index in [2.05, 4.69) is 9.89 Å². The third kappa shape index (κ3) is 1.73. The first-order valence-corrected chi connectivity index (χ1v) is 2.17. The molecule has 0 aromatic heterocycles. The number of ether oxygens (including phenoxy) is 1. The summed E-state index contributed by atoms with van der Waals surface area (Å²) in [5, 5.41) is 18.2. The van der Waals surface area contributed by atoms with E-state index >= 15 is 0 Å². The first-order valence-electron chi connectivity index (χ1n) is 2.17. The third-order valence-electron chi connectivity index (χ3n) is 0.681. The Labute approximate surface area is 55.7 Å². The molecule has 0 amide bonds. The molecule has 2 N–H and O–H groups in total. The fourth-order valence-electron chi connectivity index (χ4n) is 0.268. The third-order valence-corrected chi connectivity index (χ3v) is 0.681. The molecule has 56 valence electrons. The lowest BCUT2D eigenvalue weighted by atomic mass is 10.4. The molecule has 0 aliphatic rings. The van der Waals surface area contributed by atoms with Crippen molar-refractivity contribution in [2.75, 3.05) is 7.11 Å². The van der Waals surface area contributed by atoms with E-state index in [1.54, 1.807) is 0 Å². The van der Waals surface area contributed by atoms with Gasteiger partial charge in [0.2, 0.25) is 0 Å². The van der Waals surface area contributed by atoms with Crippen molar-refractivity contribution in [1.82, 2.24) is 0 Å². The van der Waals surface area contributed by atoms with Gasteiger partial charge in [-0.1, -0.05) is 5.16 Å². The standard InChI is InChI=1S/C4H5NO5/c1-10-4(8)2(5-9)3(6)7/h9H,1H3,(H,6,7)/b5-2+. The molecular weight excluding hydrogens is 142 g/mol. The number of carboxylic acids is 1. The molecule has 0 unspecified atom stereocenters. The molecule has 0 aliphatic heterocycles. The van der Waals surface area contributed by atoms with Crippen LogP contribution in [0.5, 0.6) is 0 Å². The van der Waals surface area contributed by atoms with Crippen molar-refractivity contribution < 1.29 is 24.6 Å². The lowest BCUT2D eigenvalue weighted by Crippen LogP contribution is -2.24. The summed E-state index contributed by atoms with van der Waals surface area (Å²) in [6.07, 6.45) is 0. The first-order chi connectivity index (χ1) is 4.63. The molecule has 0 bridgehead atoms. The van der Waals surface area contributed by atoms with Gasteiger partial charge in [-0.3, -0.25) is 0 Å². The molecule has 6 nitrogen and oxygen atoms in total. The van der Waals surface area contributed by atoms with Crippen molar-refractivity contribution in [3.63, 3.8) is 0 Å². The molecule has 0 aliphatic carbocycles. The van der Waals surface area contributed by atoms with Crippen LogP contribution in [0.25, 0.3) is 0 Å². The molecule has 0 aromatic carbocycles. The van der Waals surface area contributed by atoms with Crippen molar-refractivity contribution in [3.05, 3.63) is 0 Å². The van der Waals surface area contributed by atoms with Gasteiger partial charge in [-0.15, -0.1) is 0 Å². The number of esters is 1. The Kier molecular flexibility index (Phi) is 2.89. The van der Waals surface area contributed by atoms with Gasteiger partial charge in [-0.25, -0.2) is 9.59 Å². The second-order valence-corrected chi connectivity index (χ2v) is 1.25. The smallest absolute Gasteiger partial charge is 0.367 e. The van der Waals surface area contributed by atoms with E-state index in [1.807, 2.05) is 0 Å². The zero-order valence-electron chi connectivity index (χ0n) is 5.07. The normalized spacial score (nSPS) is 10.7. The van der Waals surface area contributed by atoms with Gasteiger partial charge in [0.15, 0.2) is 0 Å². The van der Waals surface area contributed by atoms with Crippen LogP contribution in [0.1, 0.15) is 0 Å². The lowest BCUT2D eigenvalue weighted by molar-refractivity contribution is -0.136. The molecule has 0 rings (SSSR count). The number of oxime groups is 1. The van der Waals surface area contributed by atoms with Crippen LogP contribution in [0, 0.1) is 0 Å². The minimum atomic E-state index is -1.63. The highest BCUT2D eigenvalue weighted by Crippen LogP contribution is 1.81. The van der Waals surface area contributed by atoms with Gasteiger partial charge in [-0.05, 0) is 0 Å². The second kappa shape index (κ2) is 3.44. The van der Waals surface area contributed by atoms with Gasteiger partial charge in [-0.2, -0.15) is 0 Å². The van der Waals surface area contributed by atoms with Crippen LogP contribution in [0.4, 0.5) is 0 Å². The van der Waals surface area contributed by atoms with E-state index in [1.165, 1.54) is 0 Å². The summed E-state index contributed by atoms with van der Waals surface area (Å²) in [6, 6.07) is 0. The molecule has 0 spiro atoms. The predicted molar refractivity (Wildman–Crippen MR) is 28.9 cm³/mol. The predicted octanol–water partition coefficient (Wildman–Crippen LogP) is -0.926. The number of rotatable bonds is 2. The van der Waals surface area contributed by atoms with Crippen LogP contribution in [0.15, 0.2) is 5.16 Å².